The second-order valence-electron chi connectivity index (χ2n) is 3.92. The summed E-state index contributed by atoms with van der Waals surface area (Å²) >= 11 is 3.08. The summed E-state index contributed by atoms with van der Waals surface area (Å²) in [5.41, 5.74) is 0.849. The summed E-state index contributed by atoms with van der Waals surface area (Å²) in [5.74, 6) is 0.170. The van der Waals surface area contributed by atoms with Gasteiger partial charge in [-0.15, -0.1) is 0 Å². The number of pyridine rings is 2. The molecular formula is C13H12BrN3O3. The Balaban J connectivity index is 2.08. The van der Waals surface area contributed by atoms with Crippen molar-refractivity contribution in [1.82, 2.24) is 15.3 Å². The number of carbonyl (C=O) groups excluding carboxylic acids is 1. The second-order valence-corrected chi connectivity index (χ2v) is 4.77. The lowest BCUT2D eigenvalue weighted by molar-refractivity contribution is 0.0950. The molecule has 0 fully saturated rings. The Morgan fingerprint density at radius 3 is 3.05 bits per heavy atom. The van der Waals surface area contributed by atoms with Crippen molar-refractivity contribution >= 4 is 21.8 Å². The van der Waals surface area contributed by atoms with Gasteiger partial charge in [0.15, 0.2) is 0 Å². The van der Waals surface area contributed by atoms with Crippen LogP contribution in [0.25, 0.3) is 0 Å². The van der Waals surface area contributed by atoms with E-state index in [1.54, 1.807) is 12.3 Å². The fraction of sp³-hybridized carbons (Fsp3) is 0.154. The zero-order chi connectivity index (χ0) is 14.5. The summed E-state index contributed by atoms with van der Waals surface area (Å²) in [7, 11) is 1.52. The molecule has 2 aromatic heterocycles. The number of halogens is 1. The number of aromatic amines is 1. The minimum atomic E-state index is -0.298. The second kappa shape index (κ2) is 6.33. The normalized spacial score (nSPS) is 10.1. The standard InChI is InChI=1S/C13H12BrN3O3/c1-20-13-8(3-2-4-15-13)6-16-11(18)9-5-10(14)12(19)17-7-9/h2-5,7H,6H2,1H3,(H,16,18)(H,17,19). The molecule has 104 valence electrons. The number of hydrogen-bond acceptors (Lipinski definition) is 4. The molecule has 0 aliphatic heterocycles. The van der Waals surface area contributed by atoms with E-state index in [4.69, 9.17) is 4.74 Å². The van der Waals surface area contributed by atoms with Gasteiger partial charge < -0.3 is 15.0 Å². The smallest absolute Gasteiger partial charge is 0.262 e. The third kappa shape index (κ3) is 3.24. The Morgan fingerprint density at radius 1 is 1.55 bits per heavy atom. The highest BCUT2D eigenvalue weighted by atomic mass is 79.9. The van der Waals surface area contributed by atoms with Gasteiger partial charge in [-0.3, -0.25) is 9.59 Å². The van der Waals surface area contributed by atoms with Gasteiger partial charge in [0.2, 0.25) is 5.88 Å². The number of hydrogen-bond donors (Lipinski definition) is 2. The number of methoxy groups -OCH3 is 1. The molecule has 6 nitrogen and oxygen atoms in total. The Kier molecular flexibility index (Phi) is 4.52. The molecule has 0 spiro atoms. The minimum absolute atomic E-state index is 0.282. The number of rotatable bonds is 4. The van der Waals surface area contributed by atoms with Crippen LogP contribution in [-0.4, -0.2) is 23.0 Å². The molecule has 0 radical (unpaired) electrons. The van der Waals surface area contributed by atoms with Crippen LogP contribution in [0, 0.1) is 0 Å². The number of aromatic nitrogens is 2. The minimum Gasteiger partial charge on any atom is -0.481 e. The van der Waals surface area contributed by atoms with Crippen LogP contribution in [0.1, 0.15) is 15.9 Å². The maximum atomic E-state index is 12.0. The van der Waals surface area contributed by atoms with Crippen molar-refractivity contribution in [2.75, 3.05) is 7.11 Å². The van der Waals surface area contributed by atoms with Gasteiger partial charge in [0.25, 0.3) is 11.5 Å². The van der Waals surface area contributed by atoms with Gasteiger partial charge in [-0.05, 0) is 28.1 Å². The molecule has 2 aromatic rings. The number of H-pyrrole nitrogens is 1. The van der Waals surface area contributed by atoms with Gasteiger partial charge in [0.05, 0.1) is 17.1 Å². The lowest BCUT2D eigenvalue weighted by atomic mass is 10.2. The van der Waals surface area contributed by atoms with E-state index in [1.807, 2.05) is 6.07 Å². The number of nitrogens with zero attached hydrogens (tertiary/aromatic N) is 1. The SMILES string of the molecule is COc1ncccc1CNC(=O)c1c[nH]c(=O)c(Br)c1. The van der Waals surface area contributed by atoms with Gasteiger partial charge >= 0.3 is 0 Å². The topological polar surface area (TPSA) is 84.1 Å². The van der Waals surface area contributed by atoms with Crippen LogP contribution in [0.5, 0.6) is 5.88 Å². The molecule has 0 atom stereocenters. The average Bonchev–Trinajstić information content (AvgIpc) is 2.47. The maximum absolute atomic E-state index is 12.0. The molecule has 0 aliphatic carbocycles. The molecule has 2 heterocycles. The summed E-state index contributed by atoms with van der Waals surface area (Å²) < 4.78 is 5.41. The summed E-state index contributed by atoms with van der Waals surface area (Å²) in [5, 5.41) is 2.73. The van der Waals surface area contributed by atoms with E-state index in [0.29, 0.717) is 15.9 Å². The average molecular weight is 338 g/mol. The number of ether oxygens (including phenoxy) is 1. The van der Waals surface area contributed by atoms with Crippen molar-refractivity contribution in [2.24, 2.45) is 0 Å². The summed E-state index contributed by atoms with van der Waals surface area (Å²) in [6.07, 6.45) is 2.98. The highest BCUT2D eigenvalue weighted by Gasteiger charge is 2.09. The molecule has 0 bridgehead atoms. The lowest BCUT2D eigenvalue weighted by Crippen LogP contribution is -2.24. The zero-order valence-electron chi connectivity index (χ0n) is 10.6. The third-order valence-corrected chi connectivity index (χ3v) is 3.19. The number of amides is 1. The molecule has 1 amide bonds. The zero-order valence-corrected chi connectivity index (χ0v) is 12.2. The molecule has 0 aromatic carbocycles. The van der Waals surface area contributed by atoms with E-state index < -0.39 is 0 Å². The Hall–Kier alpha value is -2.15. The van der Waals surface area contributed by atoms with Crippen molar-refractivity contribution < 1.29 is 9.53 Å². The molecule has 2 N–H and O–H groups in total. The van der Waals surface area contributed by atoms with Gasteiger partial charge in [0, 0.05) is 24.5 Å². The fourth-order valence-electron chi connectivity index (χ4n) is 1.61. The van der Waals surface area contributed by atoms with Crippen molar-refractivity contribution in [2.45, 2.75) is 6.54 Å². The molecule has 0 unspecified atom stereocenters. The molecule has 0 saturated heterocycles. The van der Waals surface area contributed by atoms with Crippen molar-refractivity contribution in [1.29, 1.82) is 0 Å². The first-order valence-electron chi connectivity index (χ1n) is 5.76. The highest BCUT2D eigenvalue weighted by molar-refractivity contribution is 9.10. The van der Waals surface area contributed by atoms with Crippen LogP contribution in [0.15, 0.2) is 39.9 Å². The highest BCUT2D eigenvalue weighted by Crippen LogP contribution is 2.13. The van der Waals surface area contributed by atoms with E-state index in [1.165, 1.54) is 19.4 Å². The van der Waals surface area contributed by atoms with Crippen molar-refractivity contribution in [3.8, 4) is 5.88 Å². The first kappa shape index (κ1) is 14.3. The van der Waals surface area contributed by atoms with Crippen LogP contribution in [0.4, 0.5) is 0 Å². The van der Waals surface area contributed by atoms with Crippen LogP contribution >= 0.6 is 15.9 Å². The van der Waals surface area contributed by atoms with E-state index in [9.17, 15) is 9.59 Å². The van der Waals surface area contributed by atoms with Gasteiger partial charge in [0.1, 0.15) is 0 Å². The molecule has 0 aliphatic rings. The molecule has 2 rings (SSSR count). The van der Waals surface area contributed by atoms with E-state index in [0.717, 1.165) is 5.56 Å². The monoisotopic (exact) mass is 337 g/mol. The number of nitrogens with one attached hydrogen (secondary N) is 2. The van der Waals surface area contributed by atoms with Crippen LogP contribution in [0.3, 0.4) is 0 Å². The van der Waals surface area contributed by atoms with Crippen LogP contribution < -0.4 is 15.6 Å². The van der Waals surface area contributed by atoms with E-state index in [-0.39, 0.29) is 18.0 Å². The van der Waals surface area contributed by atoms with Crippen LogP contribution in [-0.2, 0) is 6.54 Å². The quantitative estimate of drug-likeness (QED) is 0.884. The van der Waals surface area contributed by atoms with Gasteiger partial charge in [-0.2, -0.15) is 0 Å². The molecule has 20 heavy (non-hydrogen) atoms. The molecular weight excluding hydrogens is 326 g/mol. The Labute approximate surface area is 123 Å². The van der Waals surface area contributed by atoms with Crippen molar-refractivity contribution in [3.63, 3.8) is 0 Å². The predicted molar refractivity (Wildman–Crippen MR) is 76.7 cm³/mol. The maximum Gasteiger partial charge on any atom is 0.262 e. The van der Waals surface area contributed by atoms with Crippen LogP contribution in [0.2, 0.25) is 0 Å². The van der Waals surface area contributed by atoms with E-state index >= 15 is 0 Å². The Morgan fingerprint density at radius 2 is 2.35 bits per heavy atom. The van der Waals surface area contributed by atoms with E-state index in [2.05, 4.69) is 31.2 Å². The molecule has 0 saturated carbocycles. The first-order valence-corrected chi connectivity index (χ1v) is 6.55. The molecule has 7 heteroatoms. The third-order valence-electron chi connectivity index (χ3n) is 2.60. The summed E-state index contributed by atoms with van der Waals surface area (Å²) in [6.45, 7) is 0.284. The van der Waals surface area contributed by atoms with Crippen molar-refractivity contribution in [3.05, 3.63) is 56.5 Å². The fourth-order valence-corrected chi connectivity index (χ4v) is 1.97. The Bertz CT molecular complexity index is 685. The van der Waals surface area contributed by atoms with Gasteiger partial charge in [-0.1, -0.05) is 6.07 Å². The largest absolute Gasteiger partial charge is 0.481 e. The predicted octanol–water partition coefficient (Wildman–Crippen LogP) is 1.47. The summed E-state index contributed by atoms with van der Waals surface area (Å²) in [6, 6.07) is 5.05. The lowest BCUT2D eigenvalue weighted by Gasteiger charge is -2.08. The first-order chi connectivity index (χ1) is 9.61. The summed E-state index contributed by atoms with van der Waals surface area (Å²) in [4.78, 5) is 29.7. The van der Waals surface area contributed by atoms with Gasteiger partial charge in [-0.25, -0.2) is 4.98 Å². The number of carbonyl (C=O) groups is 1.